The number of hydrogen-bond donors (Lipinski definition) is 2. The molecule has 1 rings (SSSR count). The van der Waals surface area contributed by atoms with E-state index in [9.17, 15) is 5.11 Å². The lowest BCUT2D eigenvalue weighted by Gasteiger charge is -2.15. The fraction of sp³-hybridized carbons (Fsp3) is 0.538. The summed E-state index contributed by atoms with van der Waals surface area (Å²) < 4.78 is 0. The highest BCUT2D eigenvalue weighted by Gasteiger charge is 2.06. The quantitative estimate of drug-likeness (QED) is 0.714. The van der Waals surface area contributed by atoms with Gasteiger partial charge in [0.1, 0.15) is 0 Å². The van der Waals surface area contributed by atoms with Crippen molar-refractivity contribution in [1.82, 2.24) is 5.32 Å². The van der Waals surface area contributed by atoms with Crippen molar-refractivity contribution in [3.05, 3.63) is 29.3 Å². The third-order valence-electron chi connectivity index (χ3n) is 2.46. The van der Waals surface area contributed by atoms with Gasteiger partial charge in [-0.15, -0.1) is 11.8 Å². The van der Waals surface area contributed by atoms with Gasteiger partial charge in [-0.1, -0.05) is 30.7 Å². The van der Waals surface area contributed by atoms with Gasteiger partial charge in [-0.05, 0) is 37.3 Å². The maximum Gasteiger partial charge on any atom is 0.0584 e. The minimum atomic E-state index is 0.198. The Labute approximate surface area is 113 Å². The van der Waals surface area contributed by atoms with Gasteiger partial charge < -0.3 is 10.4 Å². The first kappa shape index (κ1) is 14.8. The second-order valence-electron chi connectivity index (χ2n) is 3.90. The monoisotopic (exact) mass is 273 g/mol. The minimum absolute atomic E-state index is 0.198. The third-order valence-corrected chi connectivity index (χ3v) is 4.01. The Morgan fingerprint density at radius 2 is 2.18 bits per heavy atom. The third kappa shape index (κ3) is 5.77. The molecule has 2 nitrogen and oxygen atoms in total. The van der Waals surface area contributed by atoms with Crippen LogP contribution in [0.5, 0.6) is 0 Å². The molecule has 4 heteroatoms. The number of halogens is 1. The van der Waals surface area contributed by atoms with Crippen LogP contribution in [-0.4, -0.2) is 30.1 Å². The Morgan fingerprint density at radius 3 is 2.82 bits per heavy atom. The van der Waals surface area contributed by atoms with Gasteiger partial charge >= 0.3 is 0 Å². The molecule has 0 aliphatic carbocycles. The van der Waals surface area contributed by atoms with E-state index in [2.05, 4.69) is 12.2 Å². The molecule has 0 spiro atoms. The molecule has 0 radical (unpaired) electrons. The summed E-state index contributed by atoms with van der Waals surface area (Å²) in [7, 11) is 0. The van der Waals surface area contributed by atoms with E-state index in [0.29, 0.717) is 0 Å². The van der Waals surface area contributed by atoms with Crippen LogP contribution in [0.15, 0.2) is 29.2 Å². The fourth-order valence-corrected chi connectivity index (χ4v) is 2.78. The Hall–Kier alpha value is -0.220. The van der Waals surface area contributed by atoms with E-state index in [1.807, 2.05) is 24.3 Å². The van der Waals surface area contributed by atoms with Crippen molar-refractivity contribution in [2.24, 2.45) is 0 Å². The summed E-state index contributed by atoms with van der Waals surface area (Å²) in [5, 5.41) is 13.3. The van der Waals surface area contributed by atoms with Crippen LogP contribution < -0.4 is 5.32 Å². The average Bonchev–Trinajstić information content (AvgIpc) is 2.35. The summed E-state index contributed by atoms with van der Waals surface area (Å²) in [5.74, 6) is 0.964. The molecule has 1 unspecified atom stereocenters. The van der Waals surface area contributed by atoms with Crippen LogP contribution in [0.3, 0.4) is 0 Å². The van der Waals surface area contributed by atoms with Crippen LogP contribution in [0.1, 0.15) is 19.8 Å². The number of rotatable bonds is 8. The second-order valence-corrected chi connectivity index (χ2v) is 5.45. The highest BCUT2D eigenvalue weighted by Crippen LogP contribution is 2.27. The summed E-state index contributed by atoms with van der Waals surface area (Å²) in [6.07, 6.45) is 2.04. The largest absolute Gasteiger partial charge is 0.395 e. The predicted molar refractivity (Wildman–Crippen MR) is 76.0 cm³/mol. The molecule has 0 aliphatic rings. The van der Waals surface area contributed by atoms with Gasteiger partial charge in [0.25, 0.3) is 0 Å². The van der Waals surface area contributed by atoms with E-state index < -0.39 is 0 Å². The van der Waals surface area contributed by atoms with Gasteiger partial charge in [0.05, 0.1) is 11.6 Å². The van der Waals surface area contributed by atoms with Crippen LogP contribution >= 0.6 is 23.4 Å². The van der Waals surface area contributed by atoms with Crippen LogP contribution in [0, 0.1) is 0 Å². The molecule has 1 atom stereocenters. The highest BCUT2D eigenvalue weighted by molar-refractivity contribution is 7.99. The van der Waals surface area contributed by atoms with Crippen molar-refractivity contribution in [1.29, 1.82) is 0 Å². The van der Waals surface area contributed by atoms with E-state index in [4.69, 9.17) is 11.6 Å². The standard InChI is InChI=1S/C13H20ClNOS/c1-2-8-15-11(10-16)7-9-17-13-6-4-3-5-12(13)14/h3-6,11,15-16H,2,7-10H2,1H3. The first-order chi connectivity index (χ1) is 8.27. The van der Waals surface area contributed by atoms with Crippen LogP contribution in [0.4, 0.5) is 0 Å². The Bertz CT molecular complexity index is 322. The second kappa shape index (κ2) is 8.81. The number of benzene rings is 1. The minimum Gasteiger partial charge on any atom is -0.395 e. The molecule has 0 aromatic heterocycles. The van der Waals surface area contributed by atoms with Gasteiger partial charge in [-0.3, -0.25) is 0 Å². The molecule has 0 bridgehead atoms. The lowest BCUT2D eigenvalue weighted by molar-refractivity contribution is 0.240. The van der Waals surface area contributed by atoms with E-state index >= 15 is 0 Å². The van der Waals surface area contributed by atoms with Crippen molar-refractivity contribution >= 4 is 23.4 Å². The zero-order valence-corrected chi connectivity index (χ0v) is 11.7. The summed E-state index contributed by atoms with van der Waals surface area (Å²) in [4.78, 5) is 1.11. The van der Waals surface area contributed by atoms with Gasteiger partial charge in [-0.25, -0.2) is 0 Å². The molecular formula is C13H20ClNOS. The summed E-state index contributed by atoms with van der Waals surface area (Å²) >= 11 is 7.81. The van der Waals surface area contributed by atoms with Gasteiger partial charge in [-0.2, -0.15) is 0 Å². The zero-order valence-electron chi connectivity index (χ0n) is 10.2. The van der Waals surface area contributed by atoms with Gasteiger partial charge in [0, 0.05) is 10.9 Å². The first-order valence-electron chi connectivity index (χ1n) is 5.99. The lowest BCUT2D eigenvalue weighted by atomic mass is 10.2. The molecule has 1 aromatic rings. The van der Waals surface area contributed by atoms with Crippen molar-refractivity contribution in [3.8, 4) is 0 Å². The molecule has 0 saturated carbocycles. The molecule has 1 aromatic carbocycles. The first-order valence-corrected chi connectivity index (χ1v) is 7.35. The molecule has 2 N–H and O–H groups in total. The van der Waals surface area contributed by atoms with E-state index in [-0.39, 0.29) is 12.6 Å². The number of aliphatic hydroxyl groups excluding tert-OH is 1. The topological polar surface area (TPSA) is 32.3 Å². The van der Waals surface area contributed by atoms with E-state index in [1.165, 1.54) is 0 Å². The molecule has 0 aliphatic heterocycles. The Kier molecular flexibility index (Phi) is 7.69. The van der Waals surface area contributed by atoms with Crippen LogP contribution in [0.25, 0.3) is 0 Å². The average molecular weight is 274 g/mol. The zero-order chi connectivity index (χ0) is 12.5. The normalized spacial score (nSPS) is 12.6. The van der Waals surface area contributed by atoms with E-state index in [1.54, 1.807) is 11.8 Å². The Morgan fingerprint density at radius 1 is 1.41 bits per heavy atom. The molecule has 0 amide bonds. The smallest absolute Gasteiger partial charge is 0.0584 e. The molecule has 17 heavy (non-hydrogen) atoms. The summed E-state index contributed by atoms with van der Waals surface area (Å²) in [6, 6.07) is 8.06. The predicted octanol–water partition coefficient (Wildman–Crippen LogP) is 3.18. The van der Waals surface area contributed by atoms with Gasteiger partial charge in [0.2, 0.25) is 0 Å². The summed E-state index contributed by atoms with van der Waals surface area (Å²) in [5.41, 5.74) is 0. The molecule has 0 fully saturated rings. The van der Waals surface area contributed by atoms with Crippen molar-refractivity contribution in [2.75, 3.05) is 18.9 Å². The molecule has 96 valence electrons. The number of nitrogens with one attached hydrogen (secondary N) is 1. The lowest BCUT2D eigenvalue weighted by Crippen LogP contribution is -2.33. The number of hydrogen-bond acceptors (Lipinski definition) is 3. The van der Waals surface area contributed by atoms with Crippen LogP contribution in [0.2, 0.25) is 5.02 Å². The summed E-state index contributed by atoms with van der Waals surface area (Å²) in [6.45, 7) is 3.28. The molecule has 0 saturated heterocycles. The van der Waals surface area contributed by atoms with Crippen molar-refractivity contribution in [3.63, 3.8) is 0 Å². The molecule has 0 heterocycles. The van der Waals surface area contributed by atoms with Crippen LogP contribution in [-0.2, 0) is 0 Å². The number of thioether (sulfide) groups is 1. The maximum absolute atomic E-state index is 9.21. The van der Waals surface area contributed by atoms with Gasteiger partial charge in [0.15, 0.2) is 0 Å². The Balaban J connectivity index is 2.28. The van der Waals surface area contributed by atoms with Crippen molar-refractivity contribution < 1.29 is 5.11 Å². The van der Waals surface area contributed by atoms with E-state index in [0.717, 1.165) is 35.1 Å². The number of aliphatic hydroxyl groups is 1. The fourth-order valence-electron chi connectivity index (χ4n) is 1.48. The molecular weight excluding hydrogens is 254 g/mol. The highest BCUT2D eigenvalue weighted by atomic mass is 35.5. The van der Waals surface area contributed by atoms with Crippen molar-refractivity contribution in [2.45, 2.75) is 30.7 Å². The maximum atomic E-state index is 9.21. The SMILES string of the molecule is CCCNC(CO)CCSc1ccccc1Cl.